The van der Waals surface area contributed by atoms with Crippen LogP contribution in [0.1, 0.15) is 16.1 Å². The SMILES string of the molecule is O=C(NCCc1ccccc1)c1cc2c(=O)[nH]c(-c3ccc4c(c3)OCCO4)cn2n1. The third-order valence-corrected chi connectivity index (χ3v) is 5.10. The van der Waals surface area contributed by atoms with Crippen LogP contribution >= 0.6 is 0 Å². The first kappa shape index (κ1) is 18.9. The third kappa shape index (κ3) is 3.87. The number of aromatic amines is 1. The Hall–Kier alpha value is -4.07. The number of H-pyrrole nitrogens is 1. The van der Waals surface area contributed by atoms with Crippen LogP contribution in [0, 0.1) is 0 Å². The van der Waals surface area contributed by atoms with E-state index >= 15 is 0 Å². The maximum absolute atomic E-state index is 12.6. The van der Waals surface area contributed by atoms with E-state index in [0.717, 1.165) is 17.5 Å². The molecule has 1 aliphatic heterocycles. The second-order valence-electron chi connectivity index (χ2n) is 7.21. The van der Waals surface area contributed by atoms with Gasteiger partial charge in [0.2, 0.25) is 0 Å². The molecule has 2 aromatic heterocycles. The van der Waals surface area contributed by atoms with Gasteiger partial charge in [0, 0.05) is 18.2 Å². The van der Waals surface area contributed by atoms with Crippen molar-refractivity contribution in [1.29, 1.82) is 0 Å². The van der Waals surface area contributed by atoms with Crippen LogP contribution in [0.25, 0.3) is 16.8 Å². The maximum Gasteiger partial charge on any atom is 0.274 e. The van der Waals surface area contributed by atoms with Crippen LogP contribution in [-0.4, -0.2) is 40.3 Å². The highest BCUT2D eigenvalue weighted by atomic mass is 16.6. The molecule has 2 aromatic carbocycles. The van der Waals surface area contributed by atoms with E-state index in [2.05, 4.69) is 15.4 Å². The molecule has 0 atom stereocenters. The Labute approximate surface area is 177 Å². The molecule has 0 saturated heterocycles. The number of fused-ring (bicyclic) bond motifs is 2. The quantitative estimate of drug-likeness (QED) is 0.521. The van der Waals surface area contributed by atoms with Gasteiger partial charge in [0.15, 0.2) is 17.2 Å². The first-order chi connectivity index (χ1) is 15.2. The number of ether oxygens (including phenoxy) is 2. The summed E-state index contributed by atoms with van der Waals surface area (Å²) in [6.45, 7) is 1.47. The molecule has 0 fully saturated rings. The minimum absolute atomic E-state index is 0.192. The Morgan fingerprint density at radius 2 is 1.87 bits per heavy atom. The van der Waals surface area contributed by atoms with Gasteiger partial charge in [0.1, 0.15) is 18.7 Å². The first-order valence-electron chi connectivity index (χ1n) is 10.0. The minimum Gasteiger partial charge on any atom is -0.486 e. The van der Waals surface area contributed by atoms with Crippen molar-refractivity contribution in [3.05, 3.63) is 82.4 Å². The van der Waals surface area contributed by atoms with Crippen LogP contribution in [-0.2, 0) is 6.42 Å². The topological polar surface area (TPSA) is 97.7 Å². The number of benzene rings is 2. The number of hydrogen-bond donors (Lipinski definition) is 2. The Balaban J connectivity index is 1.37. The van der Waals surface area contributed by atoms with Crippen molar-refractivity contribution in [1.82, 2.24) is 19.9 Å². The van der Waals surface area contributed by atoms with Gasteiger partial charge in [-0.25, -0.2) is 4.52 Å². The Bertz CT molecular complexity index is 1310. The van der Waals surface area contributed by atoms with E-state index in [4.69, 9.17) is 9.47 Å². The molecule has 156 valence electrons. The van der Waals surface area contributed by atoms with Crippen molar-refractivity contribution in [2.45, 2.75) is 6.42 Å². The Morgan fingerprint density at radius 3 is 2.71 bits per heavy atom. The summed E-state index contributed by atoms with van der Waals surface area (Å²) in [7, 11) is 0. The highest BCUT2D eigenvalue weighted by Crippen LogP contribution is 2.33. The zero-order valence-electron chi connectivity index (χ0n) is 16.6. The van der Waals surface area contributed by atoms with E-state index in [1.165, 1.54) is 10.6 Å². The molecular formula is C23H20N4O4. The van der Waals surface area contributed by atoms with Crippen LogP contribution in [0.2, 0.25) is 0 Å². The Kier molecular flexibility index (Phi) is 4.87. The summed E-state index contributed by atoms with van der Waals surface area (Å²) in [6.07, 6.45) is 2.40. The molecule has 0 radical (unpaired) electrons. The van der Waals surface area contributed by atoms with Gasteiger partial charge in [-0.3, -0.25) is 9.59 Å². The summed E-state index contributed by atoms with van der Waals surface area (Å²) < 4.78 is 12.6. The maximum atomic E-state index is 12.6. The number of nitrogens with zero attached hydrogens (tertiary/aromatic N) is 2. The number of hydrogen-bond acceptors (Lipinski definition) is 5. The lowest BCUT2D eigenvalue weighted by Crippen LogP contribution is -2.26. The predicted octanol–water partition coefficient (Wildman–Crippen LogP) is 2.43. The fraction of sp³-hybridized carbons (Fsp3) is 0.174. The van der Waals surface area contributed by atoms with Gasteiger partial charge in [0.05, 0.1) is 11.9 Å². The fourth-order valence-electron chi connectivity index (χ4n) is 3.53. The monoisotopic (exact) mass is 416 g/mol. The zero-order valence-corrected chi connectivity index (χ0v) is 16.6. The van der Waals surface area contributed by atoms with Crippen molar-refractivity contribution in [3.63, 3.8) is 0 Å². The smallest absolute Gasteiger partial charge is 0.274 e. The molecule has 3 heterocycles. The normalized spacial score (nSPS) is 12.6. The van der Waals surface area contributed by atoms with Gasteiger partial charge in [-0.1, -0.05) is 30.3 Å². The number of aromatic nitrogens is 3. The molecule has 0 unspecified atom stereocenters. The van der Waals surface area contributed by atoms with Crippen LogP contribution in [0.5, 0.6) is 11.5 Å². The van der Waals surface area contributed by atoms with Crippen LogP contribution in [0.3, 0.4) is 0 Å². The molecule has 2 N–H and O–H groups in total. The molecule has 0 spiro atoms. The fourth-order valence-corrected chi connectivity index (χ4v) is 3.53. The summed E-state index contributed by atoms with van der Waals surface area (Å²) in [6, 6.07) is 16.8. The first-order valence-corrected chi connectivity index (χ1v) is 10.0. The average molecular weight is 416 g/mol. The molecule has 1 amide bonds. The van der Waals surface area contributed by atoms with Crippen molar-refractivity contribution < 1.29 is 14.3 Å². The lowest BCUT2D eigenvalue weighted by molar-refractivity contribution is 0.0949. The van der Waals surface area contributed by atoms with Gasteiger partial charge in [-0.2, -0.15) is 5.10 Å². The number of carbonyl (C=O) groups is 1. The summed E-state index contributed by atoms with van der Waals surface area (Å²) >= 11 is 0. The lowest BCUT2D eigenvalue weighted by Gasteiger charge is -2.18. The largest absolute Gasteiger partial charge is 0.486 e. The van der Waals surface area contributed by atoms with Gasteiger partial charge in [-0.15, -0.1) is 0 Å². The number of rotatable bonds is 5. The standard InChI is InChI=1S/C23H20N4O4/c28-22(24-9-8-15-4-2-1-3-5-15)17-13-19-23(29)25-18(14-27(19)26-17)16-6-7-20-21(12-16)31-11-10-30-20/h1-7,12-14H,8-11H2,(H,24,28)(H,25,29). The van der Waals surface area contributed by atoms with Gasteiger partial charge < -0.3 is 19.8 Å². The minimum atomic E-state index is -0.330. The molecule has 31 heavy (non-hydrogen) atoms. The molecule has 0 saturated carbocycles. The summed E-state index contributed by atoms with van der Waals surface area (Å²) in [4.78, 5) is 27.9. The molecule has 0 aliphatic carbocycles. The average Bonchev–Trinajstić information content (AvgIpc) is 3.24. The number of nitrogens with one attached hydrogen (secondary N) is 2. The van der Waals surface area contributed by atoms with E-state index in [0.29, 0.717) is 42.5 Å². The van der Waals surface area contributed by atoms with E-state index < -0.39 is 0 Å². The second-order valence-corrected chi connectivity index (χ2v) is 7.21. The molecule has 8 heteroatoms. The lowest BCUT2D eigenvalue weighted by atomic mass is 10.1. The van der Waals surface area contributed by atoms with E-state index in [-0.39, 0.29) is 17.2 Å². The number of carbonyl (C=O) groups excluding carboxylic acids is 1. The predicted molar refractivity (Wildman–Crippen MR) is 115 cm³/mol. The molecule has 8 nitrogen and oxygen atoms in total. The van der Waals surface area contributed by atoms with Crippen LogP contribution in [0.15, 0.2) is 65.6 Å². The molecule has 1 aliphatic rings. The third-order valence-electron chi connectivity index (χ3n) is 5.10. The Morgan fingerprint density at radius 1 is 1.06 bits per heavy atom. The van der Waals surface area contributed by atoms with Gasteiger partial charge in [0.25, 0.3) is 11.5 Å². The van der Waals surface area contributed by atoms with Crippen molar-refractivity contribution in [3.8, 4) is 22.8 Å². The van der Waals surface area contributed by atoms with Crippen molar-refractivity contribution in [2.24, 2.45) is 0 Å². The molecule has 5 rings (SSSR count). The summed E-state index contributed by atoms with van der Waals surface area (Å²) in [5.74, 6) is 0.982. The summed E-state index contributed by atoms with van der Waals surface area (Å²) in [5, 5.41) is 7.15. The molecular weight excluding hydrogens is 396 g/mol. The highest BCUT2D eigenvalue weighted by molar-refractivity contribution is 5.93. The van der Waals surface area contributed by atoms with Gasteiger partial charge >= 0.3 is 0 Å². The van der Waals surface area contributed by atoms with Crippen molar-refractivity contribution >= 4 is 11.4 Å². The molecule has 4 aromatic rings. The summed E-state index contributed by atoms with van der Waals surface area (Å²) in [5.41, 5.74) is 2.62. The molecule has 0 bridgehead atoms. The highest BCUT2D eigenvalue weighted by Gasteiger charge is 2.16. The van der Waals surface area contributed by atoms with E-state index in [1.54, 1.807) is 12.3 Å². The van der Waals surface area contributed by atoms with Crippen molar-refractivity contribution in [2.75, 3.05) is 19.8 Å². The van der Waals surface area contributed by atoms with Gasteiger partial charge in [-0.05, 0) is 30.2 Å². The van der Waals surface area contributed by atoms with Crippen LogP contribution < -0.4 is 20.3 Å². The second kappa shape index (κ2) is 7.98. The zero-order chi connectivity index (χ0) is 21.2. The van der Waals surface area contributed by atoms with E-state index in [1.807, 2.05) is 42.5 Å². The number of amides is 1. The van der Waals surface area contributed by atoms with E-state index in [9.17, 15) is 9.59 Å². The van der Waals surface area contributed by atoms with Crippen LogP contribution in [0.4, 0.5) is 0 Å².